The van der Waals surface area contributed by atoms with Crippen molar-refractivity contribution in [2.24, 2.45) is 0 Å². The summed E-state index contributed by atoms with van der Waals surface area (Å²) in [6.07, 6.45) is 3.29. The van der Waals surface area contributed by atoms with E-state index in [1.165, 1.54) is 0 Å². The molecular weight excluding hydrogens is 316 g/mol. The Labute approximate surface area is 146 Å². The molecule has 0 amide bonds. The molecule has 1 aliphatic carbocycles. The molecule has 1 aliphatic rings. The fraction of sp³-hybridized carbons (Fsp3) is 0.421. The summed E-state index contributed by atoms with van der Waals surface area (Å²) in [7, 11) is 0. The number of hydrogen-bond acceptors (Lipinski definition) is 5. The first kappa shape index (κ1) is 17.2. The third-order valence-electron chi connectivity index (χ3n) is 4.74. The van der Waals surface area contributed by atoms with E-state index in [0.717, 1.165) is 36.8 Å². The number of hydrogen-bond donors (Lipinski definition) is 3. The molecule has 0 unspecified atom stereocenters. The highest BCUT2D eigenvalue weighted by molar-refractivity contribution is 5.51. The number of aromatic nitrogens is 2. The molecule has 0 saturated heterocycles. The van der Waals surface area contributed by atoms with Gasteiger partial charge in [0.1, 0.15) is 11.9 Å². The Hall–Kier alpha value is -2.65. The molecule has 2 aromatic rings. The smallest absolute Gasteiger partial charge is 0.271 e. The quantitative estimate of drug-likeness (QED) is 0.793. The van der Waals surface area contributed by atoms with Crippen LogP contribution in [0.1, 0.15) is 48.2 Å². The van der Waals surface area contributed by atoms with Crippen molar-refractivity contribution in [3.8, 4) is 6.07 Å². The summed E-state index contributed by atoms with van der Waals surface area (Å²) in [4.78, 5) is 19.5. The van der Waals surface area contributed by atoms with Crippen LogP contribution in [0.25, 0.3) is 0 Å². The van der Waals surface area contributed by atoms with E-state index in [-0.39, 0.29) is 17.7 Å². The minimum absolute atomic E-state index is 0.0136. The van der Waals surface area contributed by atoms with Crippen molar-refractivity contribution in [1.29, 1.82) is 5.26 Å². The molecule has 1 fully saturated rings. The van der Waals surface area contributed by atoms with Crippen molar-refractivity contribution in [2.75, 3.05) is 5.32 Å². The van der Waals surface area contributed by atoms with Gasteiger partial charge in [-0.1, -0.05) is 24.3 Å². The minimum Gasteiger partial charge on any atom is -0.393 e. The zero-order chi connectivity index (χ0) is 17.8. The first-order valence-corrected chi connectivity index (χ1v) is 8.59. The van der Waals surface area contributed by atoms with Crippen LogP contribution >= 0.6 is 0 Å². The summed E-state index contributed by atoms with van der Waals surface area (Å²) in [5, 5.41) is 22.2. The first-order chi connectivity index (χ1) is 12.1. The standard InChI is InChI=1S/C19H22N4O2/c1-12-4-2-3-5-13(12)10-17-22-18(16(11-20)19(25)23-17)21-14-6-8-15(24)9-7-14/h2-5,14-15,24H,6-10H2,1H3,(H2,21,22,23,25)/t14-,15-. The van der Waals surface area contributed by atoms with Gasteiger partial charge in [0, 0.05) is 12.5 Å². The van der Waals surface area contributed by atoms with Gasteiger partial charge in [-0.15, -0.1) is 0 Å². The molecule has 3 rings (SSSR count). The normalized spacial score (nSPS) is 20.0. The molecule has 0 atom stereocenters. The lowest BCUT2D eigenvalue weighted by molar-refractivity contribution is 0.126. The van der Waals surface area contributed by atoms with Gasteiger partial charge in [0.25, 0.3) is 5.56 Å². The average molecular weight is 338 g/mol. The fourth-order valence-corrected chi connectivity index (χ4v) is 3.21. The van der Waals surface area contributed by atoms with Crippen molar-refractivity contribution < 1.29 is 5.11 Å². The number of rotatable bonds is 4. The Morgan fingerprint density at radius 1 is 1.32 bits per heavy atom. The second kappa shape index (κ2) is 7.49. The van der Waals surface area contributed by atoms with E-state index >= 15 is 0 Å². The number of aliphatic hydroxyl groups excluding tert-OH is 1. The first-order valence-electron chi connectivity index (χ1n) is 8.59. The molecule has 1 saturated carbocycles. The van der Waals surface area contributed by atoms with Crippen molar-refractivity contribution in [3.05, 3.63) is 57.1 Å². The lowest BCUT2D eigenvalue weighted by atomic mass is 9.93. The number of aryl methyl sites for hydroxylation is 1. The summed E-state index contributed by atoms with van der Waals surface area (Å²) in [6, 6.07) is 10.0. The van der Waals surface area contributed by atoms with Gasteiger partial charge in [-0.3, -0.25) is 4.79 Å². The van der Waals surface area contributed by atoms with Crippen LogP contribution in [0.5, 0.6) is 0 Å². The van der Waals surface area contributed by atoms with E-state index < -0.39 is 5.56 Å². The van der Waals surface area contributed by atoms with Crippen LogP contribution in [-0.2, 0) is 6.42 Å². The molecule has 25 heavy (non-hydrogen) atoms. The van der Waals surface area contributed by atoms with Gasteiger partial charge in [0.05, 0.1) is 6.10 Å². The van der Waals surface area contributed by atoms with Crippen LogP contribution in [0.4, 0.5) is 5.82 Å². The predicted octanol–water partition coefficient (Wildman–Crippen LogP) is 2.26. The number of H-pyrrole nitrogens is 1. The van der Waals surface area contributed by atoms with E-state index in [1.54, 1.807) is 0 Å². The molecule has 1 heterocycles. The van der Waals surface area contributed by atoms with Gasteiger partial charge in [-0.2, -0.15) is 5.26 Å². The number of aromatic amines is 1. The highest BCUT2D eigenvalue weighted by Gasteiger charge is 2.21. The van der Waals surface area contributed by atoms with Gasteiger partial charge in [0.15, 0.2) is 11.4 Å². The van der Waals surface area contributed by atoms with Gasteiger partial charge < -0.3 is 15.4 Å². The summed E-state index contributed by atoms with van der Waals surface area (Å²) >= 11 is 0. The Bertz CT molecular complexity index is 845. The molecule has 0 radical (unpaired) electrons. The zero-order valence-corrected chi connectivity index (χ0v) is 14.2. The average Bonchev–Trinajstić information content (AvgIpc) is 2.59. The zero-order valence-electron chi connectivity index (χ0n) is 14.2. The van der Waals surface area contributed by atoms with E-state index in [4.69, 9.17) is 0 Å². The second-order valence-corrected chi connectivity index (χ2v) is 6.60. The molecule has 130 valence electrons. The van der Waals surface area contributed by atoms with Crippen LogP contribution in [0.2, 0.25) is 0 Å². The van der Waals surface area contributed by atoms with Gasteiger partial charge in [0.2, 0.25) is 0 Å². The molecular formula is C19H22N4O2. The third kappa shape index (κ3) is 4.06. The number of nitrogens with one attached hydrogen (secondary N) is 2. The number of aliphatic hydroxyl groups is 1. The van der Waals surface area contributed by atoms with Crippen LogP contribution in [0.3, 0.4) is 0 Å². The summed E-state index contributed by atoms with van der Waals surface area (Å²) in [5.74, 6) is 0.882. The van der Waals surface area contributed by atoms with Crippen molar-refractivity contribution in [3.63, 3.8) is 0 Å². The monoisotopic (exact) mass is 338 g/mol. The van der Waals surface area contributed by atoms with Gasteiger partial charge in [-0.05, 0) is 43.7 Å². The maximum absolute atomic E-state index is 12.3. The highest BCUT2D eigenvalue weighted by Crippen LogP contribution is 2.22. The number of anilines is 1. The van der Waals surface area contributed by atoms with Crippen molar-refractivity contribution in [2.45, 2.75) is 51.2 Å². The predicted molar refractivity (Wildman–Crippen MR) is 95.4 cm³/mol. The molecule has 3 N–H and O–H groups in total. The summed E-state index contributed by atoms with van der Waals surface area (Å²) in [6.45, 7) is 2.02. The number of nitrogens with zero attached hydrogens (tertiary/aromatic N) is 2. The van der Waals surface area contributed by atoms with Crippen molar-refractivity contribution in [1.82, 2.24) is 9.97 Å². The molecule has 0 spiro atoms. The van der Waals surface area contributed by atoms with Crippen LogP contribution in [0, 0.1) is 18.3 Å². The lowest BCUT2D eigenvalue weighted by Crippen LogP contribution is -2.30. The molecule has 1 aromatic carbocycles. The lowest BCUT2D eigenvalue weighted by Gasteiger charge is -2.26. The third-order valence-corrected chi connectivity index (χ3v) is 4.74. The minimum atomic E-state index is -0.417. The Kier molecular flexibility index (Phi) is 5.15. The van der Waals surface area contributed by atoms with Crippen LogP contribution in [0.15, 0.2) is 29.1 Å². The Morgan fingerprint density at radius 3 is 2.72 bits per heavy atom. The Morgan fingerprint density at radius 2 is 2.04 bits per heavy atom. The molecule has 1 aromatic heterocycles. The molecule has 6 heteroatoms. The molecule has 0 bridgehead atoms. The number of benzene rings is 1. The van der Waals surface area contributed by atoms with E-state index in [1.807, 2.05) is 37.3 Å². The maximum atomic E-state index is 12.3. The Balaban J connectivity index is 1.86. The molecule has 0 aliphatic heterocycles. The van der Waals surface area contributed by atoms with E-state index in [2.05, 4.69) is 15.3 Å². The van der Waals surface area contributed by atoms with Gasteiger partial charge >= 0.3 is 0 Å². The summed E-state index contributed by atoms with van der Waals surface area (Å²) in [5.41, 5.74) is 1.81. The molecule has 6 nitrogen and oxygen atoms in total. The van der Waals surface area contributed by atoms with E-state index in [0.29, 0.717) is 18.1 Å². The van der Waals surface area contributed by atoms with Crippen molar-refractivity contribution >= 4 is 5.82 Å². The number of nitriles is 1. The largest absolute Gasteiger partial charge is 0.393 e. The second-order valence-electron chi connectivity index (χ2n) is 6.60. The maximum Gasteiger partial charge on any atom is 0.271 e. The van der Waals surface area contributed by atoms with Crippen LogP contribution < -0.4 is 10.9 Å². The fourth-order valence-electron chi connectivity index (χ4n) is 3.21. The highest BCUT2D eigenvalue weighted by atomic mass is 16.3. The van der Waals surface area contributed by atoms with Gasteiger partial charge in [-0.25, -0.2) is 4.98 Å². The van der Waals surface area contributed by atoms with Crippen LogP contribution in [-0.4, -0.2) is 27.2 Å². The van der Waals surface area contributed by atoms with E-state index in [9.17, 15) is 15.2 Å². The topological polar surface area (TPSA) is 102 Å². The SMILES string of the molecule is Cc1ccccc1Cc1nc(N[C@H]2CC[C@H](O)CC2)c(C#N)c(=O)[nH]1. The summed E-state index contributed by atoms with van der Waals surface area (Å²) < 4.78 is 0.